The molecule has 2 aromatic carbocycles. The third kappa shape index (κ3) is 4.28. The number of rotatable bonds is 4. The van der Waals surface area contributed by atoms with E-state index in [-0.39, 0.29) is 15.9 Å². The predicted molar refractivity (Wildman–Crippen MR) is 121 cm³/mol. The van der Waals surface area contributed by atoms with Crippen molar-refractivity contribution in [2.45, 2.75) is 24.7 Å². The zero-order chi connectivity index (χ0) is 20.6. The summed E-state index contributed by atoms with van der Waals surface area (Å²) in [5, 5.41) is 8.55. The van der Waals surface area contributed by atoms with Gasteiger partial charge in [0.25, 0.3) is 15.9 Å². The van der Waals surface area contributed by atoms with Crippen molar-refractivity contribution in [3.8, 4) is 0 Å². The van der Waals surface area contributed by atoms with Crippen LogP contribution in [0, 0.1) is 10.5 Å². The maximum Gasteiger partial charge on any atom is 0.263 e. The van der Waals surface area contributed by atoms with Crippen LogP contribution < -0.4 is 9.62 Å². The number of aryl methyl sites for hydroxylation is 2. The number of fused-ring (bicyclic) bond motifs is 1. The molecule has 29 heavy (non-hydrogen) atoms. The highest BCUT2D eigenvalue weighted by atomic mass is 127. The van der Waals surface area contributed by atoms with Crippen molar-refractivity contribution in [3.05, 3.63) is 62.2 Å². The van der Waals surface area contributed by atoms with Crippen molar-refractivity contribution in [2.24, 2.45) is 0 Å². The molecule has 150 valence electrons. The monoisotopic (exact) mass is 540 g/mol. The number of carbonyl (C=O) groups is 1. The number of hydrogen-bond acceptors (Lipinski definition) is 6. The van der Waals surface area contributed by atoms with Gasteiger partial charge in [-0.2, -0.15) is 0 Å². The van der Waals surface area contributed by atoms with Crippen LogP contribution in [0.15, 0.2) is 47.4 Å². The molecular weight excluding hydrogens is 523 g/mol. The minimum Gasteiger partial charge on any atom is -0.308 e. The second kappa shape index (κ2) is 8.00. The summed E-state index contributed by atoms with van der Waals surface area (Å²) < 4.78 is 28.9. The molecule has 0 radical (unpaired) electrons. The summed E-state index contributed by atoms with van der Waals surface area (Å²) in [7, 11) is -3.78. The number of benzene rings is 2. The minimum absolute atomic E-state index is 0.0810. The number of amides is 1. The molecule has 2 heterocycles. The van der Waals surface area contributed by atoms with Gasteiger partial charge in [0.1, 0.15) is 5.01 Å². The maximum atomic E-state index is 13.0. The number of aromatic nitrogens is 2. The summed E-state index contributed by atoms with van der Waals surface area (Å²) in [6.45, 7) is 2.36. The Balaban J connectivity index is 1.64. The molecule has 0 atom stereocenters. The first-order chi connectivity index (χ1) is 13.8. The first-order valence-corrected chi connectivity index (χ1v) is 12.2. The molecule has 1 amide bonds. The van der Waals surface area contributed by atoms with Crippen LogP contribution in [0.3, 0.4) is 0 Å². The Morgan fingerprint density at radius 2 is 2.03 bits per heavy atom. The highest BCUT2D eigenvalue weighted by Crippen LogP contribution is 2.31. The van der Waals surface area contributed by atoms with Crippen molar-refractivity contribution in [3.63, 3.8) is 0 Å². The van der Waals surface area contributed by atoms with Crippen molar-refractivity contribution >= 4 is 60.7 Å². The summed E-state index contributed by atoms with van der Waals surface area (Å²) in [6, 6.07) is 12.3. The van der Waals surface area contributed by atoms with Gasteiger partial charge in [-0.25, -0.2) is 8.42 Å². The molecule has 0 bridgehead atoms. The molecule has 0 aliphatic carbocycles. The van der Waals surface area contributed by atoms with Gasteiger partial charge in [-0.1, -0.05) is 17.4 Å². The Hall–Kier alpha value is -2.05. The van der Waals surface area contributed by atoms with Gasteiger partial charge in [-0.05, 0) is 84.3 Å². The number of sulfonamides is 1. The predicted octanol–water partition coefficient (Wildman–Crippen LogP) is 3.84. The number of hydrogen-bond donors (Lipinski definition) is 1. The second-order valence-corrected chi connectivity index (χ2v) is 10.7. The van der Waals surface area contributed by atoms with Crippen LogP contribution in [0.1, 0.15) is 27.3 Å². The van der Waals surface area contributed by atoms with Gasteiger partial charge < -0.3 is 4.90 Å². The molecule has 0 fully saturated rings. The molecular formula is C19H17IN4O3S2. The first kappa shape index (κ1) is 20.2. The molecule has 0 spiro atoms. The number of carbonyl (C=O) groups excluding carboxylic acids is 1. The molecule has 1 aliphatic rings. The third-order valence-electron chi connectivity index (χ3n) is 4.54. The van der Waals surface area contributed by atoms with Crippen LogP contribution in [0.25, 0.3) is 0 Å². The molecule has 0 saturated carbocycles. The zero-order valence-corrected chi connectivity index (χ0v) is 19.2. The van der Waals surface area contributed by atoms with Gasteiger partial charge in [-0.15, -0.1) is 10.2 Å². The number of halogens is 1. The van der Waals surface area contributed by atoms with E-state index in [1.807, 2.05) is 18.2 Å². The fourth-order valence-electron chi connectivity index (χ4n) is 3.24. The standard InChI is InChI=1S/C19H17IN4O3S2/c1-12-21-22-19(28-12)23-29(26,27)16-7-8-17-13(11-16)5-3-9-24(17)18(25)14-4-2-6-15(20)10-14/h2,4,6-8,10-11H,3,5,9H2,1H3,(H,22,23). The molecule has 0 saturated heterocycles. The van der Waals surface area contributed by atoms with Crippen LogP contribution in [0.5, 0.6) is 0 Å². The molecule has 1 aliphatic heterocycles. The fourth-order valence-corrected chi connectivity index (χ4v) is 5.66. The largest absolute Gasteiger partial charge is 0.308 e. The van der Waals surface area contributed by atoms with E-state index in [1.54, 1.807) is 30.0 Å². The van der Waals surface area contributed by atoms with Crippen LogP contribution in [0.2, 0.25) is 0 Å². The second-order valence-electron chi connectivity index (χ2n) is 6.59. The van der Waals surface area contributed by atoms with Gasteiger partial charge >= 0.3 is 0 Å². The molecule has 1 aromatic heterocycles. The van der Waals surface area contributed by atoms with Crippen molar-refractivity contribution in [1.29, 1.82) is 0 Å². The summed E-state index contributed by atoms with van der Waals surface area (Å²) in [5.41, 5.74) is 2.21. The third-order valence-corrected chi connectivity index (χ3v) is 7.44. The lowest BCUT2D eigenvalue weighted by Gasteiger charge is -2.30. The van der Waals surface area contributed by atoms with Gasteiger partial charge in [0.05, 0.1) is 4.90 Å². The highest BCUT2D eigenvalue weighted by molar-refractivity contribution is 14.1. The zero-order valence-electron chi connectivity index (χ0n) is 15.4. The SMILES string of the molecule is Cc1nnc(NS(=O)(=O)c2ccc3c(c2)CCCN3C(=O)c2cccc(I)c2)s1. The smallest absolute Gasteiger partial charge is 0.263 e. The van der Waals surface area contributed by atoms with Crippen LogP contribution >= 0.6 is 33.9 Å². The van der Waals surface area contributed by atoms with E-state index < -0.39 is 10.0 Å². The lowest BCUT2D eigenvalue weighted by atomic mass is 10.0. The number of nitrogens with zero attached hydrogens (tertiary/aromatic N) is 3. The van der Waals surface area contributed by atoms with Crippen LogP contribution in [-0.4, -0.2) is 31.1 Å². The van der Waals surface area contributed by atoms with Gasteiger partial charge in [0.15, 0.2) is 0 Å². The fraction of sp³-hybridized carbons (Fsp3) is 0.211. The number of nitrogens with one attached hydrogen (secondary N) is 1. The maximum absolute atomic E-state index is 13.0. The molecule has 0 unspecified atom stereocenters. The van der Waals surface area contributed by atoms with Crippen LogP contribution in [-0.2, 0) is 16.4 Å². The Morgan fingerprint density at radius 1 is 1.21 bits per heavy atom. The van der Waals surface area contributed by atoms with E-state index in [0.29, 0.717) is 23.5 Å². The van der Waals surface area contributed by atoms with Gasteiger partial charge in [0.2, 0.25) is 5.13 Å². The Morgan fingerprint density at radius 3 is 2.76 bits per heavy atom. The van der Waals surface area contributed by atoms with Crippen molar-refractivity contribution in [1.82, 2.24) is 10.2 Å². The Labute approximate surface area is 186 Å². The van der Waals surface area contributed by atoms with E-state index in [9.17, 15) is 13.2 Å². The normalized spacial score (nSPS) is 13.8. The van der Waals surface area contributed by atoms with Crippen LogP contribution in [0.4, 0.5) is 10.8 Å². The Kier molecular flexibility index (Phi) is 5.58. The Bertz CT molecular complexity index is 1190. The number of anilines is 2. The average Bonchev–Trinajstić information content (AvgIpc) is 3.10. The molecule has 4 rings (SSSR count). The summed E-state index contributed by atoms with van der Waals surface area (Å²) in [6.07, 6.45) is 1.49. The highest BCUT2D eigenvalue weighted by Gasteiger charge is 2.26. The lowest BCUT2D eigenvalue weighted by molar-refractivity contribution is 0.0985. The summed E-state index contributed by atoms with van der Waals surface area (Å²) in [4.78, 5) is 14.9. The van der Waals surface area contributed by atoms with E-state index in [4.69, 9.17) is 0 Å². The lowest BCUT2D eigenvalue weighted by Crippen LogP contribution is -2.35. The van der Waals surface area contributed by atoms with Crippen molar-refractivity contribution < 1.29 is 13.2 Å². The van der Waals surface area contributed by atoms with E-state index in [1.165, 1.54) is 17.4 Å². The average molecular weight is 540 g/mol. The topological polar surface area (TPSA) is 92.3 Å². The summed E-state index contributed by atoms with van der Waals surface area (Å²) >= 11 is 3.36. The molecule has 3 aromatic rings. The first-order valence-electron chi connectivity index (χ1n) is 8.87. The quantitative estimate of drug-likeness (QED) is 0.508. The van der Waals surface area contributed by atoms with E-state index in [0.717, 1.165) is 21.2 Å². The van der Waals surface area contributed by atoms with Crippen molar-refractivity contribution in [2.75, 3.05) is 16.2 Å². The molecule has 1 N–H and O–H groups in total. The van der Waals surface area contributed by atoms with E-state index in [2.05, 4.69) is 37.5 Å². The minimum atomic E-state index is -3.78. The van der Waals surface area contributed by atoms with Gasteiger partial charge in [-0.3, -0.25) is 9.52 Å². The molecule has 10 heteroatoms. The summed E-state index contributed by atoms with van der Waals surface area (Å²) in [5.74, 6) is -0.0810. The van der Waals surface area contributed by atoms with E-state index >= 15 is 0 Å². The molecule has 7 nitrogen and oxygen atoms in total. The van der Waals surface area contributed by atoms with Gasteiger partial charge in [0, 0.05) is 21.4 Å².